The van der Waals surface area contributed by atoms with Crippen molar-refractivity contribution in [2.75, 3.05) is 44.8 Å². The lowest BCUT2D eigenvalue weighted by atomic mass is 10.0. The van der Waals surface area contributed by atoms with Crippen LogP contribution in [0.3, 0.4) is 0 Å². The van der Waals surface area contributed by atoms with E-state index in [2.05, 4.69) is 73.6 Å². The molecule has 1 fully saturated rings. The fourth-order valence-corrected chi connectivity index (χ4v) is 4.82. The van der Waals surface area contributed by atoms with Crippen LogP contribution in [-0.4, -0.2) is 70.0 Å². The molecule has 1 saturated heterocycles. The molecule has 1 aliphatic heterocycles. The van der Waals surface area contributed by atoms with Gasteiger partial charge in [0.1, 0.15) is 6.04 Å². The third-order valence-electron chi connectivity index (χ3n) is 6.75. The molecule has 0 saturated carbocycles. The molecule has 182 valence electrons. The Morgan fingerprint density at radius 1 is 1.06 bits per heavy atom. The van der Waals surface area contributed by atoms with Crippen LogP contribution in [0.2, 0.25) is 0 Å². The van der Waals surface area contributed by atoms with Crippen molar-refractivity contribution in [2.45, 2.75) is 25.9 Å². The van der Waals surface area contributed by atoms with Gasteiger partial charge in [-0.3, -0.25) is 9.69 Å². The first-order chi connectivity index (χ1) is 17.2. The Kier molecular flexibility index (Phi) is 6.87. The van der Waals surface area contributed by atoms with E-state index in [0.29, 0.717) is 24.5 Å². The predicted molar refractivity (Wildman–Crippen MR) is 136 cm³/mol. The number of tetrazole rings is 1. The number of para-hydroxylation sites is 1. The van der Waals surface area contributed by atoms with Gasteiger partial charge in [-0.05, 0) is 58.1 Å². The Hall–Kier alpha value is -3.56. The van der Waals surface area contributed by atoms with E-state index in [1.807, 2.05) is 18.2 Å². The van der Waals surface area contributed by atoms with Crippen molar-refractivity contribution in [2.24, 2.45) is 0 Å². The number of nitrogens with one attached hydrogen (secondary N) is 1. The second-order valence-corrected chi connectivity index (χ2v) is 8.84. The Morgan fingerprint density at radius 3 is 2.60 bits per heavy atom. The molecule has 4 aromatic rings. The smallest absolute Gasteiger partial charge is 0.253 e. The maximum atomic E-state index is 13.4. The van der Waals surface area contributed by atoms with E-state index in [-0.39, 0.29) is 11.6 Å². The number of hydrogen-bond acceptors (Lipinski definition) is 7. The molecule has 5 rings (SSSR count). The summed E-state index contributed by atoms with van der Waals surface area (Å²) >= 11 is 0. The number of piperazine rings is 1. The molecule has 2 aromatic carbocycles. The number of aromatic nitrogens is 5. The van der Waals surface area contributed by atoms with Crippen LogP contribution in [0.15, 0.2) is 59.4 Å². The van der Waals surface area contributed by atoms with Gasteiger partial charge in [0, 0.05) is 50.1 Å². The van der Waals surface area contributed by atoms with Crippen LogP contribution in [0.5, 0.6) is 0 Å². The summed E-state index contributed by atoms with van der Waals surface area (Å²) in [6.07, 6.45) is 0.935. The summed E-state index contributed by atoms with van der Waals surface area (Å²) in [6, 6.07) is 18.3. The summed E-state index contributed by atoms with van der Waals surface area (Å²) in [6.45, 7) is 6.40. The van der Waals surface area contributed by atoms with Crippen molar-refractivity contribution in [1.29, 1.82) is 0 Å². The first kappa shape index (κ1) is 23.2. The lowest BCUT2D eigenvalue weighted by Crippen LogP contribution is -2.49. The zero-order valence-electron chi connectivity index (χ0n) is 20.2. The first-order valence-electron chi connectivity index (χ1n) is 12.1. The molecule has 1 atom stereocenters. The largest absolute Gasteiger partial charge is 0.383 e. The molecule has 3 heterocycles. The van der Waals surface area contributed by atoms with E-state index >= 15 is 0 Å². The van der Waals surface area contributed by atoms with Crippen LogP contribution in [0, 0.1) is 0 Å². The Labute approximate surface area is 204 Å². The molecule has 1 aliphatic rings. The number of methoxy groups -OCH3 is 1. The molecule has 1 N–H and O–H groups in total. The number of aryl methyl sites for hydroxylation is 1. The van der Waals surface area contributed by atoms with Gasteiger partial charge < -0.3 is 14.6 Å². The molecule has 0 unspecified atom stereocenters. The molecular formula is C26H31N7O2. The summed E-state index contributed by atoms with van der Waals surface area (Å²) in [5.74, 6) is 0.659. The number of hydrogen-bond donors (Lipinski definition) is 1. The Bertz CT molecular complexity index is 1330. The second-order valence-electron chi connectivity index (χ2n) is 8.84. The van der Waals surface area contributed by atoms with Gasteiger partial charge in [-0.2, -0.15) is 0 Å². The molecular weight excluding hydrogens is 442 g/mol. The number of anilines is 1. The van der Waals surface area contributed by atoms with Crippen LogP contribution in [-0.2, 0) is 17.7 Å². The zero-order valence-corrected chi connectivity index (χ0v) is 20.2. The lowest BCUT2D eigenvalue weighted by molar-refractivity contribution is 0.171. The van der Waals surface area contributed by atoms with Gasteiger partial charge in [-0.1, -0.05) is 31.2 Å². The molecule has 0 spiro atoms. The maximum Gasteiger partial charge on any atom is 0.253 e. The van der Waals surface area contributed by atoms with Crippen molar-refractivity contribution in [3.63, 3.8) is 0 Å². The number of benzene rings is 2. The minimum atomic E-state index is -0.363. The molecule has 0 aliphatic carbocycles. The highest BCUT2D eigenvalue weighted by atomic mass is 16.5. The zero-order chi connectivity index (χ0) is 24.2. The molecule has 2 aromatic heterocycles. The van der Waals surface area contributed by atoms with Gasteiger partial charge in [-0.25, -0.2) is 4.68 Å². The number of H-pyrrole nitrogens is 1. The second kappa shape index (κ2) is 10.4. The van der Waals surface area contributed by atoms with E-state index in [4.69, 9.17) is 4.74 Å². The van der Waals surface area contributed by atoms with E-state index in [1.54, 1.807) is 11.8 Å². The standard InChI is InChI=1S/C26H31N7O2/c1-3-19-9-10-23-20(17-19)18-22(26(34)27-23)24(25-28-29-30-33(25)15-16-35-2)32-13-11-31(12-14-32)21-7-5-4-6-8-21/h4-10,17-18,24H,3,11-16H2,1-2H3,(H,27,34)/t24-/m1/s1. The quantitative estimate of drug-likeness (QED) is 0.421. The van der Waals surface area contributed by atoms with Crippen LogP contribution in [0.25, 0.3) is 10.9 Å². The summed E-state index contributed by atoms with van der Waals surface area (Å²) < 4.78 is 7.02. The van der Waals surface area contributed by atoms with Gasteiger partial charge in [0.15, 0.2) is 5.82 Å². The molecule has 0 amide bonds. The fraction of sp³-hybridized carbons (Fsp3) is 0.385. The van der Waals surface area contributed by atoms with Gasteiger partial charge in [0.2, 0.25) is 0 Å². The minimum absolute atomic E-state index is 0.112. The molecule has 9 nitrogen and oxygen atoms in total. The summed E-state index contributed by atoms with van der Waals surface area (Å²) in [5.41, 5.74) is 3.83. The molecule has 35 heavy (non-hydrogen) atoms. The number of fused-ring (bicyclic) bond motifs is 1. The van der Waals surface area contributed by atoms with Crippen molar-refractivity contribution in [3.8, 4) is 0 Å². The highest BCUT2D eigenvalue weighted by molar-refractivity contribution is 5.80. The van der Waals surface area contributed by atoms with Crippen molar-refractivity contribution in [3.05, 3.63) is 81.9 Å². The van der Waals surface area contributed by atoms with Gasteiger partial charge >= 0.3 is 0 Å². The molecule has 9 heteroatoms. The number of aromatic amines is 1. The van der Waals surface area contributed by atoms with Gasteiger partial charge in [-0.15, -0.1) is 5.10 Å². The van der Waals surface area contributed by atoms with Crippen LogP contribution in [0.1, 0.15) is 29.9 Å². The third-order valence-corrected chi connectivity index (χ3v) is 6.75. The van der Waals surface area contributed by atoms with E-state index in [0.717, 1.165) is 43.5 Å². The van der Waals surface area contributed by atoms with Crippen LogP contribution in [0.4, 0.5) is 5.69 Å². The molecule has 0 bridgehead atoms. The summed E-state index contributed by atoms with van der Waals surface area (Å²) in [5, 5.41) is 13.6. The van der Waals surface area contributed by atoms with Gasteiger partial charge in [0.25, 0.3) is 5.56 Å². The van der Waals surface area contributed by atoms with E-state index in [9.17, 15) is 4.79 Å². The summed E-state index contributed by atoms with van der Waals surface area (Å²) in [4.78, 5) is 21.2. The third kappa shape index (κ3) is 4.82. The predicted octanol–water partition coefficient (Wildman–Crippen LogP) is 2.63. The first-order valence-corrected chi connectivity index (χ1v) is 12.1. The number of ether oxygens (including phenoxy) is 1. The van der Waals surface area contributed by atoms with Crippen LogP contribution < -0.4 is 10.5 Å². The lowest BCUT2D eigenvalue weighted by Gasteiger charge is -2.39. The van der Waals surface area contributed by atoms with Crippen molar-refractivity contribution < 1.29 is 4.74 Å². The average molecular weight is 474 g/mol. The highest BCUT2D eigenvalue weighted by Crippen LogP contribution is 2.29. The normalized spacial score (nSPS) is 15.5. The SMILES string of the molecule is CCc1ccc2[nH]c(=O)c([C@H](c3nnnn3CCOC)N3CCN(c4ccccc4)CC3)cc2c1. The van der Waals surface area contributed by atoms with Gasteiger partial charge in [0.05, 0.1) is 13.2 Å². The Balaban J connectivity index is 1.53. The minimum Gasteiger partial charge on any atom is -0.383 e. The van der Waals surface area contributed by atoms with Crippen LogP contribution >= 0.6 is 0 Å². The van der Waals surface area contributed by atoms with Crippen molar-refractivity contribution >= 4 is 16.6 Å². The summed E-state index contributed by atoms with van der Waals surface area (Å²) in [7, 11) is 1.66. The number of rotatable bonds is 8. The monoisotopic (exact) mass is 473 g/mol. The Morgan fingerprint density at radius 2 is 1.86 bits per heavy atom. The highest BCUT2D eigenvalue weighted by Gasteiger charge is 2.32. The number of pyridine rings is 1. The van der Waals surface area contributed by atoms with E-state index in [1.165, 1.54) is 11.3 Å². The van der Waals surface area contributed by atoms with Crippen molar-refractivity contribution in [1.82, 2.24) is 30.1 Å². The number of nitrogens with zero attached hydrogens (tertiary/aromatic N) is 6. The molecule has 0 radical (unpaired) electrons. The fourth-order valence-electron chi connectivity index (χ4n) is 4.82. The van der Waals surface area contributed by atoms with E-state index < -0.39 is 0 Å². The average Bonchev–Trinajstić information content (AvgIpc) is 3.36. The maximum absolute atomic E-state index is 13.4. The topological polar surface area (TPSA) is 92.2 Å².